The van der Waals surface area contributed by atoms with Crippen LogP contribution in [0, 0.1) is 0 Å². The zero-order valence-electron chi connectivity index (χ0n) is 15.6. The van der Waals surface area contributed by atoms with Crippen LogP contribution in [0.3, 0.4) is 0 Å². The van der Waals surface area contributed by atoms with Crippen molar-refractivity contribution < 1.29 is 14.3 Å². The van der Waals surface area contributed by atoms with Crippen molar-refractivity contribution >= 4 is 39.9 Å². The summed E-state index contributed by atoms with van der Waals surface area (Å²) in [5.41, 5.74) is 6.52. The Morgan fingerprint density at radius 1 is 0.933 bits per heavy atom. The first-order valence-corrected chi connectivity index (χ1v) is 9.41. The molecule has 0 aliphatic heterocycles. The Morgan fingerprint density at radius 3 is 2.53 bits per heavy atom. The molecule has 0 fully saturated rings. The van der Waals surface area contributed by atoms with E-state index in [9.17, 15) is 9.59 Å². The third-order valence-corrected chi connectivity index (χ3v) is 4.63. The summed E-state index contributed by atoms with van der Waals surface area (Å²) in [6, 6.07) is 20.9. The number of anilines is 1. The van der Waals surface area contributed by atoms with E-state index >= 15 is 0 Å². The molecule has 0 radical (unpaired) electrons. The molecular formula is C23H16ClN3O3. The highest BCUT2D eigenvalue weighted by atomic mass is 35.5. The molecule has 0 aliphatic rings. The summed E-state index contributed by atoms with van der Waals surface area (Å²) < 4.78 is 5.82. The average Bonchev–Trinajstić information content (AvgIpc) is 2.73. The molecule has 4 aromatic rings. The molecule has 3 aromatic carbocycles. The summed E-state index contributed by atoms with van der Waals surface area (Å²) in [7, 11) is 0. The molecule has 0 unspecified atom stereocenters. The van der Waals surface area contributed by atoms with E-state index in [1.165, 1.54) is 12.3 Å². The van der Waals surface area contributed by atoms with Gasteiger partial charge in [-0.2, -0.15) is 0 Å². The molecule has 0 saturated heterocycles. The molecule has 0 atom stereocenters. The van der Waals surface area contributed by atoms with E-state index < -0.39 is 5.91 Å². The second-order valence-corrected chi connectivity index (χ2v) is 6.93. The fourth-order valence-electron chi connectivity index (χ4n) is 3.03. The number of nitrogens with zero attached hydrogens (tertiary/aromatic N) is 1. The number of rotatable bonds is 5. The number of nitrogens with two attached hydrogens (primary N) is 1. The molecule has 2 amide bonds. The van der Waals surface area contributed by atoms with Gasteiger partial charge < -0.3 is 15.8 Å². The van der Waals surface area contributed by atoms with Gasteiger partial charge in [-0.15, -0.1) is 0 Å². The van der Waals surface area contributed by atoms with Gasteiger partial charge in [-0.3, -0.25) is 14.6 Å². The molecule has 0 saturated carbocycles. The topological polar surface area (TPSA) is 94.3 Å². The number of nitrogens with one attached hydrogen (secondary N) is 1. The van der Waals surface area contributed by atoms with E-state index in [4.69, 9.17) is 22.1 Å². The Kier molecular flexibility index (Phi) is 5.32. The van der Waals surface area contributed by atoms with Crippen molar-refractivity contribution in [1.82, 2.24) is 4.98 Å². The first-order valence-electron chi connectivity index (χ1n) is 9.03. The predicted octanol–water partition coefficient (Wildman–Crippen LogP) is 5.03. The summed E-state index contributed by atoms with van der Waals surface area (Å²) >= 11 is 5.99. The summed E-state index contributed by atoms with van der Waals surface area (Å²) in [6.07, 6.45) is 1.45. The molecule has 7 heteroatoms. The van der Waals surface area contributed by atoms with E-state index in [-0.39, 0.29) is 11.6 Å². The number of hydrogen-bond acceptors (Lipinski definition) is 4. The molecule has 1 aromatic heterocycles. The molecule has 3 N–H and O–H groups in total. The standard InChI is InChI=1S/C23H16ClN3O3/c24-15-4-2-5-16(12-15)27-23(29)20-6-1-3-14-11-17(7-8-19(14)20)30-18-9-10-26-21(13-18)22(25)28/h1-13H,(H2,25,28)(H,27,29). The van der Waals surface area contributed by atoms with Gasteiger partial charge in [-0.05, 0) is 59.3 Å². The van der Waals surface area contributed by atoms with Crippen molar-refractivity contribution in [3.8, 4) is 11.5 Å². The molecule has 0 bridgehead atoms. The van der Waals surface area contributed by atoms with Gasteiger partial charge in [0.15, 0.2) is 0 Å². The maximum absolute atomic E-state index is 12.8. The quantitative estimate of drug-likeness (QED) is 0.476. The van der Waals surface area contributed by atoms with Crippen LogP contribution in [0.2, 0.25) is 5.02 Å². The van der Waals surface area contributed by atoms with Gasteiger partial charge in [0.2, 0.25) is 0 Å². The van der Waals surface area contributed by atoms with Crippen molar-refractivity contribution in [1.29, 1.82) is 0 Å². The summed E-state index contributed by atoms with van der Waals surface area (Å²) in [5, 5.41) is 5.01. The predicted molar refractivity (Wildman–Crippen MR) is 116 cm³/mol. The van der Waals surface area contributed by atoms with Gasteiger partial charge in [0, 0.05) is 28.5 Å². The number of amides is 2. The maximum Gasteiger partial charge on any atom is 0.267 e. The average molecular weight is 418 g/mol. The minimum Gasteiger partial charge on any atom is -0.457 e. The number of carbonyl (C=O) groups excluding carboxylic acids is 2. The maximum atomic E-state index is 12.8. The lowest BCUT2D eigenvalue weighted by atomic mass is 10.0. The highest BCUT2D eigenvalue weighted by Gasteiger charge is 2.12. The molecular weight excluding hydrogens is 402 g/mol. The summed E-state index contributed by atoms with van der Waals surface area (Å²) in [4.78, 5) is 28.0. The number of aromatic nitrogens is 1. The van der Waals surface area contributed by atoms with Gasteiger partial charge in [0.25, 0.3) is 11.8 Å². The molecule has 30 heavy (non-hydrogen) atoms. The number of benzene rings is 3. The van der Waals surface area contributed by atoms with Crippen molar-refractivity contribution in [3.05, 3.63) is 95.3 Å². The van der Waals surface area contributed by atoms with Crippen LogP contribution >= 0.6 is 11.6 Å². The largest absolute Gasteiger partial charge is 0.457 e. The lowest BCUT2D eigenvalue weighted by Crippen LogP contribution is -2.12. The Hall–Kier alpha value is -3.90. The summed E-state index contributed by atoms with van der Waals surface area (Å²) in [5.74, 6) is 0.121. The van der Waals surface area contributed by atoms with Crippen LogP contribution in [0.25, 0.3) is 10.8 Å². The minimum atomic E-state index is -0.630. The first kappa shape index (κ1) is 19.4. The van der Waals surface area contributed by atoms with E-state index in [2.05, 4.69) is 10.3 Å². The number of ether oxygens (including phenoxy) is 1. The van der Waals surface area contributed by atoms with Crippen LogP contribution in [0.15, 0.2) is 79.0 Å². The molecule has 6 nitrogen and oxygen atoms in total. The van der Waals surface area contributed by atoms with Gasteiger partial charge >= 0.3 is 0 Å². The van der Waals surface area contributed by atoms with Crippen LogP contribution in [0.4, 0.5) is 5.69 Å². The van der Waals surface area contributed by atoms with Crippen molar-refractivity contribution in [2.45, 2.75) is 0 Å². The minimum absolute atomic E-state index is 0.119. The normalized spacial score (nSPS) is 10.6. The zero-order chi connectivity index (χ0) is 21.1. The van der Waals surface area contributed by atoms with Crippen molar-refractivity contribution in [3.63, 3.8) is 0 Å². The number of fused-ring (bicyclic) bond motifs is 1. The Bertz CT molecular complexity index is 1270. The van der Waals surface area contributed by atoms with Crippen LogP contribution in [-0.2, 0) is 0 Å². The smallest absolute Gasteiger partial charge is 0.267 e. The van der Waals surface area contributed by atoms with Crippen LogP contribution < -0.4 is 15.8 Å². The first-order chi connectivity index (χ1) is 14.5. The lowest BCUT2D eigenvalue weighted by Gasteiger charge is -2.11. The lowest BCUT2D eigenvalue weighted by molar-refractivity contribution is 0.0993. The van der Waals surface area contributed by atoms with Gasteiger partial charge in [-0.25, -0.2) is 0 Å². The van der Waals surface area contributed by atoms with Gasteiger partial charge in [0.05, 0.1) is 0 Å². The molecule has 0 aliphatic carbocycles. The van der Waals surface area contributed by atoms with Crippen LogP contribution in [0.5, 0.6) is 11.5 Å². The third kappa shape index (κ3) is 4.24. The Morgan fingerprint density at radius 2 is 1.73 bits per heavy atom. The van der Waals surface area contributed by atoms with E-state index in [0.29, 0.717) is 27.8 Å². The van der Waals surface area contributed by atoms with E-state index in [1.54, 1.807) is 48.5 Å². The second kappa shape index (κ2) is 8.23. The van der Waals surface area contributed by atoms with Crippen molar-refractivity contribution in [2.24, 2.45) is 5.73 Å². The fraction of sp³-hybridized carbons (Fsp3) is 0. The molecule has 4 rings (SSSR count). The third-order valence-electron chi connectivity index (χ3n) is 4.40. The highest BCUT2D eigenvalue weighted by molar-refractivity contribution is 6.31. The number of primary amides is 1. The van der Waals surface area contributed by atoms with E-state index in [1.807, 2.05) is 18.2 Å². The summed E-state index contributed by atoms with van der Waals surface area (Å²) in [6.45, 7) is 0. The number of carbonyl (C=O) groups is 2. The number of pyridine rings is 1. The molecule has 0 spiro atoms. The van der Waals surface area contributed by atoms with Crippen molar-refractivity contribution in [2.75, 3.05) is 5.32 Å². The highest BCUT2D eigenvalue weighted by Crippen LogP contribution is 2.28. The van der Waals surface area contributed by atoms with Crippen LogP contribution in [-0.4, -0.2) is 16.8 Å². The number of hydrogen-bond donors (Lipinski definition) is 2. The van der Waals surface area contributed by atoms with E-state index in [0.717, 1.165) is 10.8 Å². The van der Waals surface area contributed by atoms with Gasteiger partial charge in [0.1, 0.15) is 17.2 Å². The SMILES string of the molecule is NC(=O)c1cc(Oc2ccc3c(C(=O)Nc4cccc(Cl)c4)cccc3c2)ccn1. The Labute approximate surface area is 177 Å². The van der Waals surface area contributed by atoms with Crippen LogP contribution in [0.1, 0.15) is 20.8 Å². The monoisotopic (exact) mass is 417 g/mol. The second-order valence-electron chi connectivity index (χ2n) is 6.50. The molecule has 1 heterocycles. The fourth-order valence-corrected chi connectivity index (χ4v) is 3.22. The van der Waals surface area contributed by atoms with Gasteiger partial charge in [-0.1, -0.05) is 29.8 Å². The Balaban J connectivity index is 1.61. The number of halogens is 1. The molecule has 148 valence electrons. The zero-order valence-corrected chi connectivity index (χ0v) is 16.4.